The van der Waals surface area contributed by atoms with Crippen LogP contribution in [-0.2, 0) is 4.79 Å². The molecule has 1 aliphatic heterocycles. The maximum absolute atomic E-state index is 11.5. The average molecular weight is 226 g/mol. The molecular formula is C12H16ClNO. The van der Waals surface area contributed by atoms with Gasteiger partial charge in [0.2, 0.25) is 5.91 Å². The van der Waals surface area contributed by atoms with E-state index in [1.165, 1.54) is 0 Å². The molecule has 15 heavy (non-hydrogen) atoms. The third-order valence-electron chi connectivity index (χ3n) is 2.47. The van der Waals surface area contributed by atoms with Crippen LogP contribution in [0.1, 0.15) is 25.7 Å². The number of carbonyl (C=O) groups is 1. The fourth-order valence-corrected chi connectivity index (χ4v) is 1.80. The van der Waals surface area contributed by atoms with Crippen LogP contribution in [0.25, 0.3) is 0 Å². The second-order valence-electron chi connectivity index (χ2n) is 3.53. The van der Waals surface area contributed by atoms with Crippen molar-refractivity contribution < 1.29 is 4.79 Å². The number of hydrogen-bond donors (Lipinski definition) is 0. The molecule has 2 nitrogen and oxygen atoms in total. The van der Waals surface area contributed by atoms with Crippen molar-refractivity contribution in [3.63, 3.8) is 0 Å². The summed E-state index contributed by atoms with van der Waals surface area (Å²) >= 11 is 5.50. The Balaban J connectivity index is 2.48. The molecule has 0 aromatic heterocycles. The smallest absolute Gasteiger partial charge is 0.223 e. The number of unbranched alkanes of at least 4 members (excludes halogenated alkanes) is 1. The zero-order valence-corrected chi connectivity index (χ0v) is 9.59. The Labute approximate surface area is 96.3 Å². The molecule has 1 heterocycles. The highest BCUT2D eigenvalue weighted by Gasteiger charge is 2.28. The maximum atomic E-state index is 11.5. The van der Waals surface area contributed by atoms with E-state index in [2.05, 4.69) is 18.4 Å². The molecule has 0 aliphatic carbocycles. The third-order valence-corrected chi connectivity index (χ3v) is 2.60. The van der Waals surface area contributed by atoms with E-state index in [0.29, 0.717) is 12.3 Å². The van der Waals surface area contributed by atoms with E-state index < -0.39 is 0 Å². The van der Waals surface area contributed by atoms with Gasteiger partial charge < -0.3 is 4.90 Å². The van der Waals surface area contributed by atoms with Crippen LogP contribution in [0.5, 0.6) is 0 Å². The zero-order valence-electron chi connectivity index (χ0n) is 8.84. The van der Waals surface area contributed by atoms with Crippen molar-refractivity contribution in [3.05, 3.63) is 12.7 Å². The van der Waals surface area contributed by atoms with E-state index in [9.17, 15) is 4.79 Å². The molecule has 1 rings (SSSR count). The summed E-state index contributed by atoms with van der Waals surface area (Å²) in [6, 6.07) is 0.0843. The highest BCUT2D eigenvalue weighted by molar-refractivity contribution is 6.19. The number of allylic oxidation sites excluding steroid dienone is 1. The van der Waals surface area contributed by atoms with Gasteiger partial charge in [0.1, 0.15) is 0 Å². The second kappa shape index (κ2) is 6.53. The summed E-state index contributed by atoms with van der Waals surface area (Å²) in [5, 5.41) is 0. The van der Waals surface area contributed by atoms with Gasteiger partial charge in [-0.05, 0) is 19.3 Å². The van der Waals surface area contributed by atoms with Gasteiger partial charge in [0, 0.05) is 13.0 Å². The van der Waals surface area contributed by atoms with Crippen LogP contribution in [0.4, 0.5) is 0 Å². The lowest BCUT2D eigenvalue weighted by molar-refractivity contribution is -0.128. The van der Waals surface area contributed by atoms with Crippen molar-refractivity contribution in [2.24, 2.45) is 0 Å². The van der Waals surface area contributed by atoms with E-state index in [4.69, 9.17) is 11.6 Å². The van der Waals surface area contributed by atoms with Gasteiger partial charge in [0.05, 0.1) is 11.9 Å². The van der Waals surface area contributed by atoms with E-state index in [-0.39, 0.29) is 11.9 Å². The lowest BCUT2D eigenvalue weighted by Crippen LogP contribution is -2.32. The molecule has 1 amide bonds. The van der Waals surface area contributed by atoms with Crippen LogP contribution < -0.4 is 0 Å². The Hall–Kier alpha value is -0.940. The van der Waals surface area contributed by atoms with Crippen molar-refractivity contribution in [2.75, 3.05) is 12.4 Å². The molecule has 0 unspecified atom stereocenters. The lowest BCUT2D eigenvalue weighted by Gasteiger charge is -2.20. The monoisotopic (exact) mass is 225 g/mol. The molecule has 3 heteroatoms. The number of hydrogen-bond acceptors (Lipinski definition) is 1. The van der Waals surface area contributed by atoms with Crippen molar-refractivity contribution in [1.82, 2.24) is 4.90 Å². The average Bonchev–Trinajstić information content (AvgIpc) is 2.58. The molecule has 1 aliphatic rings. The first-order valence-corrected chi connectivity index (χ1v) is 5.77. The molecule has 0 aromatic carbocycles. The number of halogens is 1. The van der Waals surface area contributed by atoms with Crippen LogP contribution in [0.3, 0.4) is 0 Å². The molecule has 0 spiro atoms. The third kappa shape index (κ3) is 3.60. The number of likely N-dealkylation sites (tertiary alicyclic amines) is 1. The van der Waals surface area contributed by atoms with Gasteiger partial charge in [-0.15, -0.1) is 18.2 Å². The van der Waals surface area contributed by atoms with Gasteiger partial charge in [-0.1, -0.05) is 17.9 Å². The summed E-state index contributed by atoms with van der Waals surface area (Å²) in [6.07, 6.45) is 5.25. The van der Waals surface area contributed by atoms with E-state index in [1.54, 1.807) is 0 Å². The number of rotatable bonds is 4. The SMILES string of the molecule is C=CCCCN1C(=O)CC[C@@H]1C#CCCl. The minimum absolute atomic E-state index is 0.0843. The van der Waals surface area contributed by atoms with Crippen LogP contribution in [0.2, 0.25) is 0 Å². The fraction of sp³-hybridized carbons (Fsp3) is 0.583. The maximum Gasteiger partial charge on any atom is 0.223 e. The number of nitrogens with zero attached hydrogens (tertiary/aromatic N) is 1. The Morgan fingerprint density at radius 1 is 1.67 bits per heavy atom. The molecular weight excluding hydrogens is 210 g/mol. The molecule has 0 radical (unpaired) electrons. The topological polar surface area (TPSA) is 20.3 Å². The molecule has 0 N–H and O–H groups in total. The van der Waals surface area contributed by atoms with E-state index >= 15 is 0 Å². The standard InChI is InChI=1S/C12H16ClNO/c1-2-3-4-10-14-11(6-5-9-13)7-8-12(14)15/h2,11H,1,3-4,7-10H2/t11-/m0/s1. The zero-order chi connectivity index (χ0) is 11.1. The van der Waals surface area contributed by atoms with Crippen molar-refractivity contribution in [2.45, 2.75) is 31.7 Å². The van der Waals surface area contributed by atoms with Crippen LogP contribution in [-0.4, -0.2) is 29.3 Å². The van der Waals surface area contributed by atoms with Gasteiger partial charge in [-0.25, -0.2) is 0 Å². The van der Waals surface area contributed by atoms with Crippen LogP contribution in [0, 0.1) is 11.8 Å². The summed E-state index contributed by atoms with van der Waals surface area (Å²) < 4.78 is 0. The highest BCUT2D eigenvalue weighted by atomic mass is 35.5. The minimum atomic E-state index is 0.0843. The molecule has 82 valence electrons. The summed E-state index contributed by atoms with van der Waals surface area (Å²) in [6.45, 7) is 4.45. The van der Waals surface area contributed by atoms with Gasteiger partial charge in [-0.2, -0.15) is 0 Å². The first-order chi connectivity index (χ1) is 7.29. The minimum Gasteiger partial charge on any atom is -0.329 e. The van der Waals surface area contributed by atoms with Gasteiger partial charge in [-0.3, -0.25) is 4.79 Å². The predicted octanol–water partition coefficient (Wildman–Crippen LogP) is 2.19. The number of amides is 1. The summed E-state index contributed by atoms with van der Waals surface area (Å²) in [5.41, 5.74) is 0. The van der Waals surface area contributed by atoms with Crippen molar-refractivity contribution in [3.8, 4) is 11.8 Å². The van der Waals surface area contributed by atoms with Crippen LogP contribution >= 0.6 is 11.6 Å². The first-order valence-electron chi connectivity index (χ1n) is 5.24. The summed E-state index contributed by atoms with van der Waals surface area (Å²) in [7, 11) is 0. The quantitative estimate of drug-likeness (QED) is 0.311. The molecule has 1 fully saturated rings. The fourth-order valence-electron chi connectivity index (χ4n) is 1.73. The van der Waals surface area contributed by atoms with Gasteiger partial charge in [0.25, 0.3) is 0 Å². The molecule has 0 bridgehead atoms. The summed E-state index contributed by atoms with van der Waals surface area (Å²) in [4.78, 5) is 13.4. The van der Waals surface area contributed by atoms with Crippen LogP contribution in [0.15, 0.2) is 12.7 Å². The highest BCUT2D eigenvalue weighted by Crippen LogP contribution is 2.18. The summed E-state index contributed by atoms with van der Waals surface area (Å²) in [5.74, 6) is 6.42. The Morgan fingerprint density at radius 3 is 3.13 bits per heavy atom. The Kier molecular flexibility index (Phi) is 5.28. The Morgan fingerprint density at radius 2 is 2.47 bits per heavy atom. The van der Waals surface area contributed by atoms with E-state index in [1.807, 2.05) is 11.0 Å². The lowest BCUT2D eigenvalue weighted by atomic mass is 10.2. The number of alkyl halides is 1. The van der Waals surface area contributed by atoms with Gasteiger partial charge >= 0.3 is 0 Å². The predicted molar refractivity (Wildman–Crippen MR) is 62.7 cm³/mol. The molecule has 0 aromatic rings. The molecule has 1 saturated heterocycles. The van der Waals surface area contributed by atoms with Crippen molar-refractivity contribution in [1.29, 1.82) is 0 Å². The number of carbonyl (C=O) groups excluding carboxylic acids is 1. The first kappa shape index (κ1) is 12.1. The van der Waals surface area contributed by atoms with Crippen molar-refractivity contribution >= 4 is 17.5 Å². The second-order valence-corrected chi connectivity index (χ2v) is 3.79. The molecule has 0 saturated carbocycles. The van der Waals surface area contributed by atoms with E-state index in [0.717, 1.165) is 25.8 Å². The van der Waals surface area contributed by atoms with Gasteiger partial charge in [0.15, 0.2) is 0 Å². The Bertz CT molecular complexity index is 290. The molecule has 1 atom stereocenters. The largest absolute Gasteiger partial charge is 0.329 e. The normalized spacial score (nSPS) is 19.9.